The minimum atomic E-state index is -1.91. The lowest BCUT2D eigenvalue weighted by Crippen LogP contribution is -2.70. The van der Waals surface area contributed by atoms with Gasteiger partial charge in [-0.1, -0.05) is 13.8 Å². The van der Waals surface area contributed by atoms with Gasteiger partial charge in [0.05, 0.1) is 6.67 Å². The zero-order valence-electron chi connectivity index (χ0n) is 22.2. The highest BCUT2D eigenvalue weighted by Gasteiger charge is 2.59. The summed E-state index contributed by atoms with van der Waals surface area (Å²) in [5, 5.41) is 29.9. The van der Waals surface area contributed by atoms with Crippen LogP contribution in [0.15, 0.2) is 11.9 Å². The van der Waals surface area contributed by atoms with E-state index in [-0.39, 0.29) is 38.6 Å². The second-order valence-corrected chi connectivity index (χ2v) is 9.29. The van der Waals surface area contributed by atoms with Crippen molar-refractivity contribution in [3.05, 3.63) is 11.9 Å². The molecule has 1 fully saturated rings. The van der Waals surface area contributed by atoms with Gasteiger partial charge in [0, 0.05) is 24.9 Å². The second kappa shape index (κ2) is 15.0. The second-order valence-electron chi connectivity index (χ2n) is 9.29. The molecule has 1 heterocycles. The maximum absolute atomic E-state index is 13.5. The Morgan fingerprint density at radius 1 is 0.923 bits per heavy atom. The summed E-state index contributed by atoms with van der Waals surface area (Å²) in [5.74, 6) is -0.875. The number of hydrogen-bond donors (Lipinski definition) is 5. The third-order valence-electron chi connectivity index (χ3n) is 6.78. The topological polar surface area (TPSA) is 225 Å². The van der Waals surface area contributed by atoms with E-state index in [0.717, 1.165) is 0 Å². The number of urea groups is 1. The Balaban J connectivity index is 3.25. The average molecular weight is 560 g/mol. The molecule has 1 unspecified atom stereocenters. The number of carbonyl (C=O) groups is 6. The van der Waals surface area contributed by atoms with E-state index in [1.54, 1.807) is 0 Å². The minimum absolute atomic E-state index is 0.142. The van der Waals surface area contributed by atoms with Crippen LogP contribution in [0.5, 0.6) is 0 Å². The van der Waals surface area contributed by atoms with Crippen LogP contribution in [-0.2, 0) is 24.0 Å². The highest BCUT2D eigenvalue weighted by molar-refractivity contribution is 6.21. The van der Waals surface area contributed by atoms with Gasteiger partial charge in [-0.25, -0.2) is 30.0 Å². The summed E-state index contributed by atoms with van der Waals surface area (Å²) in [4.78, 5) is 76.3. The highest BCUT2D eigenvalue weighted by Crippen LogP contribution is 2.39. The highest BCUT2D eigenvalue weighted by atomic mass is 19.1. The van der Waals surface area contributed by atoms with Gasteiger partial charge in [-0.2, -0.15) is 0 Å². The largest absolute Gasteiger partial charge is 0.481 e. The summed E-state index contributed by atoms with van der Waals surface area (Å²) in [6, 6.07) is -5.05. The molecule has 14 nitrogen and oxygen atoms in total. The third kappa shape index (κ3) is 8.12. The summed E-state index contributed by atoms with van der Waals surface area (Å²) in [7, 11) is 0. The summed E-state index contributed by atoms with van der Waals surface area (Å²) in [6.45, 7) is 2.66. The summed E-state index contributed by atoms with van der Waals surface area (Å²) in [6.07, 6.45) is 0.637. The number of alkyl halides is 1. The van der Waals surface area contributed by atoms with Crippen molar-refractivity contribution < 1.29 is 48.5 Å². The van der Waals surface area contributed by atoms with Crippen molar-refractivity contribution in [2.75, 3.05) is 13.2 Å². The number of unbranched alkanes of at least 4 members (excludes halogenated alkanes) is 1. The molecule has 7 N–H and O–H groups in total. The molecule has 220 valence electrons. The molecule has 1 aliphatic heterocycles. The van der Waals surface area contributed by atoms with Crippen molar-refractivity contribution in [1.29, 1.82) is 0 Å². The maximum atomic E-state index is 13.5. The number of rotatable bonds is 18. The quantitative estimate of drug-likeness (QED) is 0.0692. The van der Waals surface area contributed by atoms with E-state index in [4.69, 9.17) is 16.7 Å². The molecule has 0 aromatic rings. The molecule has 1 rings (SSSR count). The van der Waals surface area contributed by atoms with E-state index >= 15 is 0 Å². The Morgan fingerprint density at radius 3 is 1.87 bits per heavy atom. The van der Waals surface area contributed by atoms with Crippen molar-refractivity contribution in [2.24, 2.45) is 17.0 Å². The molecule has 0 aromatic carbocycles. The minimum Gasteiger partial charge on any atom is -0.481 e. The van der Waals surface area contributed by atoms with Crippen molar-refractivity contribution in [3.8, 4) is 0 Å². The number of carbonyl (C=O) groups excluding carboxylic acids is 3. The fraction of sp³-hybridized carbons (Fsp3) is 0.667. The summed E-state index contributed by atoms with van der Waals surface area (Å²) < 4.78 is 12.3. The Labute approximate surface area is 225 Å². The van der Waals surface area contributed by atoms with Crippen LogP contribution < -0.4 is 11.6 Å². The normalized spacial score (nSPS) is 17.2. The average Bonchev–Trinajstić information content (AvgIpc) is 2.86. The molecule has 2 atom stereocenters. The molecule has 4 amide bonds. The smallest absolute Gasteiger partial charge is 0.335 e. The molecule has 15 heteroatoms. The predicted molar refractivity (Wildman–Crippen MR) is 134 cm³/mol. The zero-order valence-corrected chi connectivity index (χ0v) is 22.2. The number of hydrazine groups is 1. The van der Waals surface area contributed by atoms with Crippen LogP contribution in [0.2, 0.25) is 0 Å². The molecule has 0 spiro atoms. The van der Waals surface area contributed by atoms with E-state index in [2.05, 4.69) is 0 Å². The Kier molecular flexibility index (Phi) is 12.8. The lowest BCUT2D eigenvalue weighted by Gasteiger charge is -2.46. The number of imide groups is 2. The van der Waals surface area contributed by atoms with Gasteiger partial charge in [-0.3, -0.25) is 18.8 Å². The van der Waals surface area contributed by atoms with Gasteiger partial charge in [0.1, 0.15) is 17.5 Å². The first kappa shape index (κ1) is 33.3. The van der Waals surface area contributed by atoms with Crippen LogP contribution in [0.1, 0.15) is 71.6 Å². The van der Waals surface area contributed by atoms with Crippen molar-refractivity contribution in [1.82, 2.24) is 14.8 Å². The summed E-state index contributed by atoms with van der Waals surface area (Å²) in [5.41, 5.74) is 4.21. The van der Waals surface area contributed by atoms with Gasteiger partial charge < -0.3 is 26.1 Å². The maximum Gasteiger partial charge on any atom is 0.335 e. The van der Waals surface area contributed by atoms with Gasteiger partial charge in [-0.15, -0.1) is 0 Å². The van der Waals surface area contributed by atoms with E-state index < -0.39 is 72.8 Å². The van der Waals surface area contributed by atoms with Crippen LogP contribution in [-0.4, -0.2) is 91.2 Å². The molecule has 0 aromatic heterocycles. The first-order valence-electron chi connectivity index (χ1n) is 12.7. The SMILES string of the molecule is CCC1(CC)C(=O)N(C(CCC(=O)O)C(=O)O)C(=O)N([C@@H](CCCCN(N)/C=C(\N)CCCF)C(=O)O)C1=O. The third-order valence-corrected chi connectivity index (χ3v) is 6.78. The van der Waals surface area contributed by atoms with Crippen LogP contribution in [0.3, 0.4) is 0 Å². The number of carboxylic acid groups (broad SMARTS) is 3. The number of halogens is 1. The number of nitrogens with zero attached hydrogens (tertiary/aromatic N) is 3. The Morgan fingerprint density at radius 2 is 1.44 bits per heavy atom. The molecule has 39 heavy (non-hydrogen) atoms. The monoisotopic (exact) mass is 559 g/mol. The fourth-order valence-electron chi connectivity index (χ4n) is 4.48. The number of barbiturate groups is 1. The van der Waals surface area contributed by atoms with Gasteiger partial charge in [-0.05, 0) is 51.4 Å². The lowest BCUT2D eigenvalue weighted by atomic mass is 9.77. The van der Waals surface area contributed by atoms with Crippen molar-refractivity contribution >= 4 is 35.8 Å². The first-order valence-corrected chi connectivity index (χ1v) is 12.7. The van der Waals surface area contributed by atoms with Crippen LogP contribution in [0.4, 0.5) is 9.18 Å². The predicted octanol–water partition coefficient (Wildman–Crippen LogP) is 1.25. The van der Waals surface area contributed by atoms with E-state index in [1.807, 2.05) is 0 Å². The molecule has 1 aliphatic rings. The molecule has 1 saturated heterocycles. The van der Waals surface area contributed by atoms with Crippen molar-refractivity contribution in [3.63, 3.8) is 0 Å². The standard InChI is InChI=1S/C24H38FN5O9/c1-3-24(4-2)21(37)29(23(39)30(22(24)38)17(20(35)36)10-11-18(31)32)16(19(33)34)9-5-6-13-28(27)14-15(26)8-7-12-25/h14,16-17H,3-13,26-27H2,1-2H3,(H,31,32)(H,33,34)(H,35,36)/b15-14-/t16-,17?/m0/s1. The molecule has 0 bridgehead atoms. The molecule has 0 saturated carbocycles. The van der Waals surface area contributed by atoms with Gasteiger partial charge in [0.2, 0.25) is 11.8 Å². The Bertz CT molecular complexity index is 970. The van der Waals surface area contributed by atoms with Crippen LogP contribution >= 0.6 is 0 Å². The van der Waals surface area contributed by atoms with Gasteiger partial charge >= 0.3 is 23.9 Å². The molecular weight excluding hydrogens is 521 g/mol. The number of nitrogens with two attached hydrogens (primary N) is 2. The fourth-order valence-corrected chi connectivity index (χ4v) is 4.48. The zero-order chi connectivity index (χ0) is 29.9. The lowest BCUT2D eigenvalue weighted by molar-refractivity contribution is -0.170. The Hall–Kier alpha value is -3.75. The molecular formula is C24H38FN5O9. The molecule has 0 radical (unpaired) electrons. The van der Waals surface area contributed by atoms with E-state index in [1.165, 1.54) is 25.1 Å². The number of amides is 4. The van der Waals surface area contributed by atoms with Gasteiger partial charge in [0.25, 0.3) is 0 Å². The van der Waals surface area contributed by atoms with E-state index in [9.17, 15) is 43.4 Å². The van der Waals surface area contributed by atoms with Crippen LogP contribution in [0.25, 0.3) is 0 Å². The molecule has 0 aliphatic carbocycles. The number of allylic oxidation sites excluding steroid dienone is 1. The van der Waals surface area contributed by atoms with Crippen LogP contribution in [0, 0.1) is 5.41 Å². The van der Waals surface area contributed by atoms with Gasteiger partial charge in [0.15, 0.2) is 0 Å². The van der Waals surface area contributed by atoms with E-state index in [0.29, 0.717) is 28.3 Å². The first-order chi connectivity index (χ1) is 18.3. The number of hydrogen-bond acceptors (Lipinski definition) is 9. The number of carboxylic acids is 3. The summed E-state index contributed by atoms with van der Waals surface area (Å²) >= 11 is 0. The van der Waals surface area contributed by atoms with Crippen molar-refractivity contribution in [2.45, 2.75) is 83.7 Å². The number of aliphatic carboxylic acids is 3.